The topological polar surface area (TPSA) is 99.1 Å². The van der Waals surface area contributed by atoms with Gasteiger partial charge in [-0.15, -0.1) is 0 Å². The van der Waals surface area contributed by atoms with E-state index in [-0.39, 0.29) is 24.2 Å². The van der Waals surface area contributed by atoms with Crippen molar-refractivity contribution in [2.45, 2.75) is 71.9 Å². The number of nitrogens with one attached hydrogen (secondary N) is 1. The Kier molecular flexibility index (Phi) is 10.4. The summed E-state index contributed by atoms with van der Waals surface area (Å²) in [5.74, 6) is -1.22. The minimum Gasteiger partial charge on any atom is -0.481 e. The third kappa shape index (κ3) is 7.91. The molecular weight excluding hydrogens is 442 g/mol. The van der Waals surface area contributed by atoms with Crippen LogP contribution in [-0.2, 0) is 14.4 Å². The summed E-state index contributed by atoms with van der Waals surface area (Å²) >= 11 is 0. The number of allylic oxidation sites excluding steroid dienone is 1. The molecule has 0 bridgehead atoms. The molecule has 2 N–H and O–H groups in total. The third-order valence-corrected chi connectivity index (χ3v) is 6.26. The van der Waals surface area contributed by atoms with Crippen molar-refractivity contribution in [2.75, 3.05) is 13.6 Å². The minimum absolute atomic E-state index is 0.0259. The highest BCUT2D eigenvalue weighted by molar-refractivity contribution is 6.11. The van der Waals surface area contributed by atoms with Crippen LogP contribution < -0.4 is 5.32 Å². The van der Waals surface area contributed by atoms with Gasteiger partial charge in [0.15, 0.2) is 0 Å². The van der Waals surface area contributed by atoms with Gasteiger partial charge in [-0.25, -0.2) is 0 Å². The summed E-state index contributed by atoms with van der Waals surface area (Å²) in [5, 5.41) is 12.5. The van der Waals surface area contributed by atoms with Gasteiger partial charge in [0.2, 0.25) is 11.8 Å². The van der Waals surface area contributed by atoms with E-state index in [9.17, 15) is 19.5 Å². The van der Waals surface area contributed by atoms with E-state index in [1.807, 2.05) is 45.9 Å². The molecule has 1 unspecified atom stereocenters. The molecule has 1 heterocycles. The number of rotatable bonds is 11. The number of piperidine rings is 1. The van der Waals surface area contributed by atoms with Gasteiger partial charge in [0, 0.05) is 31.8 Å². The number of aliphatic carboxylic acids is 1. The summed E-state index contributed by atoms with van der Waals surface area (Å²) in [6.45, 7) is 12.7. The zero-order valence-electron chi connectivity index (χ0n) is 21.6. The van der Waals surface area contributed by atoms with E-state index in [2.05, 4.69) is 16.9 Å². The van der Waals surface area contributed by atoms with Gasteiger partial charge >= 0.3 is 5.97 Å². The Hall–Kier alpha value is -3.22. The Morgan fingerprint density at radius 2 is 1.89 bits per heavy atom. The second-order valence-electron chi connectivity index (χ2n) is 9.68. The van der Waals surface area contributed by atoms with Crippen LogP contribution >= 0.6 is 0 Å². The van der Waals surface area contributed by atoms with Gasteiger partial charge in [-0.2, -0.15) is 0 Å². The van der Waals surface area contributed by atoms with Gasteiger partial charge in [-0.3, -0.25) is 19.4 Å². The maximum atomic E-state index is 13.4. The van der Waals surface area contributed by atoms with Crippen molar-refractivity contribution in [3.05, 3.63) is 53.1 Å². The lowest BCUT2D eigenvalue weighted by molar-refractivity contribution is -0.143. The molecule has 7 nitrogen and oxygen atoms in total. The van der Waals surface area contributed by atoms with E-state index in [1.165, 1.54) is 0 Å². The standard InChI is InChI=1S/C28H39N3O4/c1-18(2)14-24(31-13-8-7-12-25(31)32)28(35)30-23(16-26(33)34)21(5)15-22(17-29-6)27-19(3)10-9-11-20(27)4/h9-11,15,17-18,23-24H,5,7-8,12-14,16H2,1-4,6H3,(H,30,35)(H,33,34)/b22-15+,29-17?/t23-,24?/m1/s1. The summed E-state index contributed by atoms with van der Waals surface area (Å²) in [6, 6.07) is 4.54. The average Bonchev–Trinajstić information content (AvgIpc) is 2.77. The fourth-order valence-electron chi connectivity index (χ4n) is 4.58. The zero-order chi connectivity index (χ0) is 26.1. The number of aryl methyl sites for hydroxylation is 2. The lowest BCUT2D eigenvalue weighted by Crippen LogP contribution is -2.54. The van der Waals surface area contributed by atoms with E-state index in [1.54, 1.807) is 24.2 Å². The van der Waals surface area contributed by atoms with Gasteiger partial charge in [0.05, 0.1) is 12.5 Å². The first-order chi connectivity index (χ1) is 16.5. The van der Waals surface area contributed by atoms with Gasteiger partial charge in [-0.05, 0) is 67.4 Å². The SMILES string of the molecule is C=C(/C=C(\C=NC)c1c(C)cccc1C)[C@@H](CC(=O)O)NC(=O)C(CC(C)C)N1CCCCC1=O. The van der Waals surface area contributed by atoms with E-state index >= 15 is 0 Å². The second-order valence-corrected chi connectivity index (χ2v) is 9.68. The van der Waals surface area contributed by atoms with Crippen LogP contribution in [0, 0.1) is 19.8 Å². The van der Waals surface area contributed by atoms with Gasteiger partial charge in [0.25, 0.3) is 0 Å². The first-order valence-corrected chi connectivity index (χ1v) is 12.3. The van der Waals surface area contributed by atoms with Crippen LogP contribution in [0.4, 0.5) is 0 Å². The van der Waals surface area contributed by atoms with Gasteiger partial charge in [0.1, 0.15) is 6.04 Å². The molecule has 35 heavy (non-hydrogen) atoms. The number of nitrogens with zero attached hydrogens (tertiary/aromatic N) is 2. The van der Waals surface area contributed by atoms with Crippen molar-refractivity contribution in [3.63, 3.8) is 0 Å². The molecule has 1 saturated heterocycles. The minimum atomic E-state index is -1.04. The van der Waals surface area contributed by atoms with Crippen molar-refractivity contribution in [3.8, 4) is 0 Å². The lowest BCUT2D eigenvalue weighted by atomic mass is 9.92. The van der Waals surface area contributed by atoms with E-state index in [4.69, 9.17) is 0 Å². The summed E-state index contributed by atoms with van der Waals surface area (Å²) in [6.07, 6.45) is 5.83. The fraction of sp³-hybridized carbons (Fsp3) is 0.500. The van der Waals surface area contributed by atoms with Crippen LogP contribution in [0.25, 0.3) is 5.57 Å². The molecule has 1 aliphatic heterocycles. The van der Waals surface area contributed by atoms with Crippen molar-refractivity contribution in [1.82, 2.24) is 10.2 Å². The van der Waals surface area contributed by atoms with Crippen LogP contribution in [0.15, 0.2) is 41.4 Å². The van der Waals surface area contributed by atoms with Crippen molar-refractivity contribution < 1.29 is 19.5 Å². The molecule has 2 atom stereocenters. The lowest BCUT2D eigenvalue weighted by Gasteiger charge is -2.35. The number of hydrogen-bond donors (Lipinski definition) is 2. The van der Waals surface area contributed by atoms with E-state index < -0.39 is 18.1 Å². The summed E-state index contributed by atoms with van der Waals surface area (Å²) in [5.41, 5.74) is 4.37. The first-order valence-electron chi connectivity index (χ1n) is 12.3. The van der Waals surface area contributed by atoms with Crippen LogP contribution in [0.5, 0.6) is 0 Å². The molecule has 7 heteroatoms. The molecule has 0 aliphatic carbocycles. The first kappa shape index (κ1) is 28.0. The number of amides is 2. The number of carbonyl (C=O) groups is 3. The van der Waals surface area contributed by atoms with E-state index in [0.717, 1.165) is 35.1 Å². The number of likely N-dealkylation sites (tertiary alicyclic amines) is 1. The molecule has 1 aliphatic rings. The van der Waals surface area contributed by atoms with Gasteiger partial charge < -0.3 is 15.3 Å². The zero-order valence-corrected chi connectivity index (χ0v) is 21.6. The molecule has 0 aromatic heterocycles. The van der Waals surface area contributed by atoms with Crippen LogP contribution in [0.2, 0.25) is 0 Å². The molecule has 1 fully saturated rings. The third-order valence-electron chi connectivity index (χ3n) is 6.26. The Labute approximate surface area is 209 Å². The fourth-order valence-corrected chi connectivity index (χ4v) is 4.58. The number of carboxylic acid groups (broad SMARTS) is 1. The van der Waals surface area contributed by atoms with Crippen molar-refractivity contribution in [2.24, 2.45) is 10.9 Å². The number of carboxylic acids is 1. The average molecular weight is 482 g/mol. The van der Waals surface area contributed by atoms with Crippen molar-refractivity contribution in [1.29, 1.82) is 0 Å². The van der Waals surface area contributed by atoms with Crippen LogP contribution in [-0.4, -0.2) is 59.7 Å². The van der Waals surface area contributed by atoms with Crippen LogP contribution in [0.1, 0.15) is 62.6 Å². The highest BCUT2D eigenvalue weighted by Crippen LogP contribution is 2.25. The molecule has 0 radical (unpaired) electrons. The predicted octanol–water partition coefficient (Wildman–Crippen LogP) is 4.33. The molecular formula is C28H39N3O4. The summed E-state index contributed by atoms with van der Waals surface area (Å²) in [7, 11) is 1.67. The molecule has 0 saturated carbocycles. The number of hydrogen-bond acceptors (Lipinski definition) is 4. The number of aliphatic imine (C=N–C) groups is 1. The maximum absolute atomic E-state index is 13.4. The second kappa shape index (κ2) is 13.0. The Bertz CT molecular complexity index is 989. The highest BCUT2D eigenvalue weighted by Gasteiger charge is 2.33. The molecule has 1 aromatic carbocycles. The highest BCUT2D eigenvalue weighted by atomic mass is 16.4. The maximum Gasteiger partial charge on any atom is 0.305 e. The molecule has 2 rings (SSSR count). The normalized spacial score (nSPS) is 16.5. The largest absolute Gasteiger partial charge is 0.481 e. The summed E-state index contributed by atoms with van der Waals surface area (Å²) in [4.78, 5) is 43.5. The smallest absolute Gasteiger partial charge is 0.305 e. The Morgan fingerprint density at radius 1 is 1.23 bits per heavy atom. The quantitative estimate of drug-likeness (QED) is 0.363. The van der Waals surface area contributed by atoms with E-state index in [0.29, 0.717) is 25.0 Å². The summed E-state index contributed by atoms with van der Waals surface area (Å²) < 4.78 is 0. The monoisotopic (exact) mass is 481 g/mol. The Morgan fingerprint density at radius 3 is 2.43 bits per heavy atom. The van der Waals surface area contributed by atoms with Crippen molar-refractivity contribution >= 4 is 29.6 Å². The molecule has 1 aromatic rings. The van der Waals surface area contributed by atoms with Gasteiger partial charge in [-0.1, -0.05) is 38.6 Å². The number of benzene rings is 1. The van der Waals surface area contributed by atoms with Crippen LogP contribution in [0.3, 0.4) is 0 Å². The Balaban J connectivity index is 2.38. The molecule has 190 valence electrons. The molecule has 2 amide bonds. The molecule has 0 spiro atoms. The number of carbonyl (C=O) groups excluding carboxylic acids is 2. The predicted molar refractivity (Wildman–Crippen MR) is 140 cm³/mol.